The van der Waals surface area contributed by atoms with Gasteiger partial charge in [0, 0.05) is 6.42 Å². The highest BCUT2D eigenvalue weighted by atomic mass is 16.6. The van der Waals surface area contributed by atoms with Crippen molar-refractivity contribution >= 4 is 11.9 Å². The number of hydrogen-bond donors (Lipinski definition) is 0. The molecule has 0 aromatic carbocycles. The van der Waals surface area contributed by atoms with Gasteiger partial charge in [-0.3, -0.25) is 9.59 Å². The third-order valence-electron chi connectivity index (χ3n) is 3.20. The summed E-state index contributed by atoms with van der Waals surface area (Å²) in [5, 5.41) is 0. The van der Waals surface area contributed by atoms with Crippen LogP contribution in [0.15, 0.2) is 0 Å². The predicted octanol–water partition coefficient (Wildman–Crippen LogP) is 1.67. The zero-order chi connectivity index (χ0) is 11.9. The van der Waals surface area contributed by atoms with Crippen LogP contribution in [-0.4, -0.2) is 24.1 Å². The molecule has 1 aliphatic carbocycles. The van der Waals surface area contributed by atoms with Crippen molar-refractivity contribution in [3.05, 3.63) is 0 Å². The van der Waals surface area contributed by atoms with E-state index in [1.165, 1.54) is 0 Å². The van der Waals surface area contributed by atoms with Gasteiger partial charge in [0.15, 0.2) is 0 Å². The summed E-state index contributed by atoms with van der Waals surface area (Å²) in [7, 11) is 0. The normalized spacial score (nSPS) is 33.4. The van der Waals surface area contributed by atoms with Gasteiger partial charge < -0.3 is 9.47 Å². The number of hydrogen-bond acceptors (Lipinski definition) is 4. The molecule has 3 fully saturated rings. The zero-order valence-electron chi connectivity index (χ0n) is 9.99. The Hall–Kier alpha value is -1.06. The van der Waals surface area contributed by atoms with E-state index >= 15 is 0 Å². The van der Waals surface area contributed by atoms with E-state index in [2.05, 4.69) is 0 Å². The number of esters is 2. The van der Waals surface area contributed by atoms with Crippen LogP contribution in [0.2, 0.25) is 0 Å². The Morgan fingerprint density at radius 1 is 1.38 bits per heavy atom. The maximum atomic E-state index is 11.7. The molecule has 3 aliphatic rings. The van der Waals surface area contributed by atoms with Crippen molar-refractivity contribution in [3.8, 4) is 0 Å². The highest BCUT2D eigenvalue weighted by Gasteiger charge is 2.45. The van der Waals surface area contributed by atoms with Crippen LogP contribution in [0.5, 0.6) is 0 Å². The van der Waals surface area contributed by atoms with Crippen LogP contribution in [0.25, 0.3) is 0 Å². The second-order valence-electron chi connectivity index (χ2n) is 5.68. The Balaban J connectivity index is 1.98. The molecule has 0 amide bonds. The van der Waals surface area contributed by atoms with Gasteiger partial charge >= 0.3 is 11.9 Å². The molecular formula is C12H18O4. The summed E-state index contributed by atoms with van der Waals surface area (Å²) in [6.07, 6.45) is 1.86. The molecule has 1 saturated carbocycles. The van der Waals surface area contributed by atoms with E-state index < -0.39 is 5.41 Å². The Bertz CT molecular complexity index is 315. The summed E-state index contributed by atoms with van der Waals surface area (Å²) in [6.45, 7) is 5.47. The molecule has 4 nitrogen and oxygen atoms in total. The van der Waals surface area contributed by atoms with Crippen molar-refractivity contribution in [3.63, 3.8) is 0 Å². The highest BCUT2D eigenvalue weighted by Crippen LogP contribution is 2.36. The first-order valence-corrected chi connectivity index (χ1v) is 5.79. The SMILES string of the molecule is CC(C)(C)C(=O)OC1CC2CCC1OC2=O. The fraction of sp³-hybridized carbons (Fsp3) is 0.833. The lowest BCUT2D eigenvalue weighted by Gasteiger charge is -2.40. The van der Waals surface area contributed by atoms with E-state index in [-0.39, 0.29) is 30.1 Å². The Kier molecular flexibility index (Phi) is 2.68. The number of ether oxygens (including phenoxy) is 2. The van der Waals surface area contributed by atoms with Crippen LogP contribution in [-0.2, 0) is 19.1 Å². The summed E-state index contributed by atoms with van der Waals surface area (Å²) in [6, 6.07) is 0. The van der Waals surface area contributed by atoms with Gasteiger partial charge in [0.2, 0.25) is 0 Å². The first-order chi connectivity index (χ1) is 7.38. The molecule has 2 heterocycles. The maximum absolute atomic E-state index is 11.7. The van der Waals surface area contributed by atoms with Crippen molar-refractivity contribution < 1.29 is 19.1 Å². The molecule has 2 saturated heterocycles. The van der Waals surface area contributed by atoms with Gasteiger partial charge in [-0.2, -0.15) is 0 Å². The quantitative estimate of drug-likeness (QED) is 0.638. The fourth-order valence-electron chi connectivity index (χ4n) is 2.13. The maximum Gasteiger partial charge on any atom is 0.311 e. The zero-order valence-corrected chi connectivity index (χ0v) is 9.99. The Labute approximate surface area is 95.3 Å². The lowest BCUT2D eigenvalue weighted by molar-refractivity contribution is -0.197. The van der Waals surface area contributed by atoms with Crippen molar-refractivity contribution in [1.29, 1.82) is 0 Å². The summed E-state index contributed by atoms with van der Waals surface area (Å²) in [5.41, 5.74) is -0.499. The molecule has 3 rings (SSSR count). The van der Waals surface area contributed by atoms with Gasteiger partial charge in [-0.15, -0.1) is 0 Å². The summed E-state index contributed by atoms with van der Waals surface area (Å²) < 4.78 is 10.6. The third-order valence-corrected chi connectivity index (χ3v) is 3.20. The van der Waals surface area contributed by atoms with Crippen LogP contribution >= 0.6 is 0 Å². The first-order valence-electron chi connectivity index (χ1n) is 5.79. The van der Waals surface area contributed by atoms with Gasteiger partial charge in [0.05, 0.1) is 11.3 Å². The number of carbonyl (C=O) groups excluding carboxylic acids is 2. The molecule has 3 unspecified atom stereocenters. The molecule has 0 aromatic heterocycles. The van der Waals surface area contributed by atoms with Crippen LogP contribution < -0.4 is 0 Å². The summed E-state index contributed by atoms with van der Waals surface area (Å²) in [4.78, 5) is 23.0. The monoisotopic (exact) mass is 226 g/mol. The van der Waals surface area contributed by atoms with E-state index in [9.17, 15) is 9.59 Å². The average Bonchev–Trinajstić information content (AvgIpc) is 2.18. The molecule has 16 heavy (non-hydrogen) atoms. The summed E-state index contributed by atoms with van der Waals surface area (Å²) in [5.74, 6) is -0.414. The lowest BCUT2D eigenvalue weighted by atomic mass is 9.82. The third kappa shape index (κ3) is 2.06. The van der Waals surface area contributed by atoms with E-state index in [1.54, 1.807) is 0 Å². The van der Waals surface area contributed by atoms with Gasteiger partial charge in [0.1, 0.15) is 12.2 Å². The van der Waals surface area contributed by atoms with Crippen molar-refractivity contribution in [2.45, 2.75) is 52.2 Å². The molecule has 0 aromatic rings. The fourth-order valence-corrected chi connectivity index (χ4v) is 2.13. The van der Waals surface area contributed by atoms with E-state index in [0.29, 0.717) is 6.42 Å². The van der Waals surface area contributed by atoms with Crippen molar-refractivity contribution in [2.24, 2.45) is 11.3 Å². The molecule has 90 valence electrons. The van der Waals surface area contributed by atoms with E-state index in [4.69, 9.17) is 9.47 Å². The summed E-state index contributed by atoms with van der Waals surface area (Å²) >= 11 is 0. The molecule has 3 atom stereocenters. The standard InChI is InChI=1S/C12H18O4/c1-12(2,3)11(14)16-9-6-7-4-5-8(9)15-10(7)13/h7-9H,4-6H2,1-3H3. The molecular weight excluding hydrogens is 208 g/mol. The van der Waals surface area contributed by atoms with E-state index in [1.807, 2.05) is 20.8 Å². The van der Waals surface area contributed by atoms with E-state index in [0.717, 1.165) is 12.8 Å². The minimum absolute atomic E-state index is 0.0669. The number of fused-ring (bicyclic) bond motifs is 3. The largest absolute Gasteiger partial charge is 0.458 e. The van der Waals surface area contributed by atoms with Gasteiger partial charge in [-0.25, -0.2) is 0 Å². The number of carbonyl (C=O) groups is 2. The topological polar surface area (TPSA) is 52.6 Å². The van der Waals surface area contributed by atoms with Crippen LogP contribution in [0, 0.1) is 11.3 Å². The minimum atomic E-state index is -0.499. The molecule has 0 N–H and O–H groups in total. The second kappa shape index (κ2) is 3.75. The van der Waals surface area contributed by atoms with Crippen LogP contribution in [0.3, 0.4) is 0 Å². The van der Waals surface area contributed by atoms with Crippen LogP contribution in [0.1, 0.15) is 40.0 Å². The minimum Gasteiger partial charge on any atom is -0.458 e. The van der Waals surface area contributed by atoms with Gasteiger partial charge in [-0.1, -0.05) is 0 Å². The second-order valence-corrected chi connectivity index (χ2v) is 5.68. The van der Waals surface area contributed by atoms with Gasteiger partial charge in [-0.05, 0) is 33.6 Å². The van der Waals surface area contributed by atoms with Crippen LogP contribution in [0.4, 0.5) is 0 Å². The molecule has 0 radical (unpaired) electrons. The van der Waals surface area contributed by atoms with Gasteiger partial charge in [0.25, 0.3) is 0 Å². The smallest absolute Gasteiger partial charge is 0.311 e. The Morgan fingerprint density at radius 3 is 2.50 bits per heavy atom. The molecule has 2 aliphatic heterocycles. The highest BCUT2D eigenvalue weighted by molar-refractivity contribution is 5.77. The van der Waals surface area contributed by atoms with Crippen molar-refractivity contribution in [2.75, 3.05) is 0 Å². The predicted molar refractivity (Wildman–Crippen MR) is 56.6 cm³/mol. The molecule has 4 heteroatoms. The Morgan fingerprint density at radius 2 is 2.06 bits per heavy atom. The average molecular weight is 226 g/mol. The molecule has 0 spiro atoms. The lowest BCUT2D eigenvalue weighted by Crippen LogP contribution is -2.49. The molecule has 2 bridgehead atoms. The number of rotatable bonds is 1. The van der Waals surface area contributed by atoms with Crippen molar-refractivity contribution in [1.82, 2.24) is 0 Å². The first kappa shape index (κ1) is 11.4.